The minimum atomic E-state index is 0.510. The normalized spacial score (nSPS) is 17.8. The Kier molecular flexibility index (Phi) is 5.07. The van der Waals surface area contributed by atoms with E-state index in [4.69, 9.17) is 0 Å². The van der Waals surface area contributed by atoms with Crippen LogP contribution in [-0.2, 0) is 0 Å². The predicted molar refractivity (Wildman–Crippen MR) is 80.2 cm³/mol. The number of halogens is 2. The summed E-state index contributed by atoms with van der Waals surface area (Å²) in [5, 5.41) is 3.70. The molecule has 1 aliphatic rings. The summed E-state index contributed by atoms with van der Waals surface area (Å²) in [6, 6.07) is 6.98. The maximum Gasteiger partial charge on any atom is 0.0360 e. The second kappa shape index (κ2) is 6.35. The number of hydrogen-bond donors (Lipinski definition) is 1. The first kappa shape index (κ1) is 13.6. The summed E-state index contributed by atoms with van der Waals surface area (Å²) in [7, 11) is 0. The van der Waals surface area contributed by atoms with Gasteiger partial charge in [0.2, 0.25) is 0 Å². The summed E-state index contributed by atoms with van der Waals surface area (Å²) in [4.78, 5) is 0. The highest BCUT2D eigenvalue weighted by Crippen LogP contribution is 2.40. The molecule has 1 atom stereocenters. The summed E-state index contributed by atoms with van der Waals surface area (Å²) < 4.78 is 2.39. The van der Waals surface area contributed by atoms with E-state index in [1.54, 1.807) is 0 Å². The molecule has 2 rings (SSSR count). The maximum atomic E-state index is 3.70. The van der Waals surface area contributed by atoms with E-state index in [1.807, 2.05) is 0 Å². The van der Waals surface area contributed by atoms with Crippen molar-refractivity contribution in [3.05, 3.63) is 32.7 Å². The van der Waals surface area contributed by atoms with Crippen LogP contribution in [0.25, 0.3) is 0 Å². The van der Waals surface area contributed by atoms with Crippen molar-refractivity contribution < 1.29 is 0 Å². The summed E-state index contributed by atoms with van der Waals surface area (Å²) in [5.74, 6) is 0.812. The first-order chi connectivity index (χ1) is 8.22. The maximum absolute atomic E-state index is 3.70. The molecule has 1 unspecified atom stereocenters. The lowest BCUT2D eigenvalue weighted by Gasteiger charge is -2.35. The van der Waals surface area contributed by atoms with Crippen LogP contribution in [0.3, 0.4) is 0 Å². The lowest BCUT2D eigenvalue weighted by atomic mass is 9.77. The molecule has 0 saturated heterocycles. The third-order valence-corrected chi connectivity index (χ3v) is 4.74. The molecule has 0 heterocycles. The third kappa shape index (κ3) is 3.33. The number of nitrogens with one attached hydrogen (secondary N) is 1. The van der Waals surface area contributed by atoms with Gasteiger partial charge in [0, 0.05) is 15.0 Å². The van der Waals surface area contributed by atoms with E-state index in [2.05, 4.69) is 62.3 Å². The molecule has 1 N–H and O–H groups in total. The van der Waals surface area contributed by atoms with Crippen molar-refractivity contribution >= 4 is 31.9 Å². The molecule has 0 aliphatic heterocycles. The Morgan fingerprint density at radius 3 is 2.71 bits per heavy atom. The molecule has 0 aromatic heterocycles. The third-order valence-electron chi connectivity index (χ3n) is 3.53. The fraction of sp³-hybridized carbons (Fsp3) is 0.571. The van der Waals surface area contributed by atoms with Gasteiger partial charge in [0.05, 0.1) is 0 Å². The van der Waals surface area contributed by atoms with E-state index in [0.717, 1.165) is 12.5 Å². The molecule has 17 heavy (non-hydrogen) atoms. The molecule has 1 aromatic carbocycles. The number of hydrogen-bond acceptors (Lipinski definition) is 1. The minimum Gasteiger partial charge on any atom is -0.310 e. The Labute approximate surface area is 121 Å². The zero-order chi connectivity index (χ0) is 12.3. The van der Waals surface area contributed by atoms with Gasteiger partial charge in [0.1, 0.15) is 0 Å². The minimum absolute atomic E-state index is 0.510. The van der Waals surface area contributed by atoms with Crippen LogP contribution in [0, 0.1) is 5.92 Å². The second-order valence-electron chi connectivity index (χ2n) is 4.79. The van der Waals surface area contributed by atoms with Crippen LogP contribution in [-0.4, -0.2) is 6.54 Å². The quantitative estimate of drug-likeness (QED) is 0.774. The summed E-state index contributed by atoms with van der Waals surface area (Å²) >= 11 is 7.26. The van der Waals surface area contributed by atoms with Gasteiger partial charge in [-0.05, 0) is 55.5 Å². The van der Waals surface area contributed by atoms with Gasteiger partial charge in [-0.2, -0.15) is 0 Å². The first-order valence-electron chi connectivity index (χ1n) is 6.40. The van der Waals surface area contributed by atoms with Gasteiger partial charge in [0.25, 0.3) is 0 Å². The lowest BCUT2D eigenvalue weighted by Crippen LogP contribution is -2.32. The van der Waals surface area contributed by atoms with Crippen LogP contribution in [0.2, 0.25) is 0 Å². The van der Waals surface area contributed by atoms with Crippen LogP contribution in [0.4, 0.5) is 0 Å². The molecule has 94 valence electrons. The zero-order valence-corrected chi connectivity index (χ0v) is 13.4. The van der Waals surface area contributed by atoms with Crippen molar-refractivity contribution in [1.29, 1.82) is 0 Å². The smallest absolute Gasteiger partial charge is 0.0360 e. The van der Waals surface area contributed by atoms with Crippen LogP contribution < -0.4 is 5.32 Å². The van der Waals surface area contributed by atoms with Crippen LogP contribution in [0.1, 0.15) is 44.2 Å². The molecule has 1 saturated carbocycles. The first-order valence-corrected chi connectivity index (χ1v) is 7.99. The van der Waals surface area contributed by atoms with Crippen LogP contribution in [0.15, 0.2) is 27.1 Å². The fourth-order valence-corrected chi connectivity index (χ4v) is 3.23. The predicted octanol–water partition coefficient (Wildman–Crippen LogP) is 5.05. The van der Waals surface area contributed by atoms with Gasteiger partial charge in [-0.15, -0.1) is 0 Å². The summed E-state index contributed by atoms with van der Waals surface area (Å²) in [6.45, 7) is 3.32. The average molecular weight is 361 g/mol. The SMILES string of the molecule is CCCNC(c1cc(Br)ccc1Br)C1CCC1. The van der Waals surface area contributed by atoms with Crippen LogP contribution in [0.5, 0.6) is 0 Å². The van der Waals surface area contributed by atoms with E-state index in [0.29, 0.717) is 6.04 Å². The Bertz CT molecular complexity index is 374. The molecule has 0 bridgehead atoms. The van der Waals surface area contributed by atoms with Crippen molar-refractivity contribution in [2.45, 2.75) is 38.6 Å². The molecular formula is C14H19Br2N. The Morgan fingerprint density at radius 2 is 2.12 bits per heavy atom. The topological polar surface area (TPSA) is 12.0 Å². The second-order valence-corrected chi connectivity index (χ2v) is 6.56. The van der Waals surface area contributed by atoms with Crippen molar-refractivity contribution in [2.75, 3.05) is 6.54 Å². The molecular weight excluding hydrogens is 342 g/mol. The van der Waals surface area contributed by atoms with Crippen molar-refractivity contribution in [2.24, 2.45) is 5.92 Å². The molecule has 0 amide bonds. The van der Waals surface area contributed by atoms with E-state index in [-0.39, 0.29) is 0 Å². The fourth-order valence-electron chi connectivity index (χ4n) is 2.36. The van der Waals surface area contributed by atoms with E-state index in [9.17, 15) is 0 Å². The standard InChI is InChI=1S/C14H19Br2N/c1-2-8-17-14(10-4-3-5-10)12-9-11(15)6-7-13(12)16/h6-7,9-10,14,17H,2-5,8H2,1H3. The molecule has 1 aliphatic carbocycles. The number of rotatable bonds is 5. The van der Waals surface area contributed by atoms with Gasteiger partial charge >= 0.3 is 0 Å². The highest BCUT2D eigenvalue weighted by Gasteiger charge is 2.29. The van der Waals surface area contributed by atoms with Crippen molar-refractivity contribution in [3.8, 4) is 0 Å². The number of benzene rings is 1. The molecule has 1 nitrogen and oxygen atoms in total. The van der Waals surface area contributed by atoms with Crippen LogP contribution >= 0.6 is 31.9 Å². The molecule has 3 heteroatoms. The molecule has 0 spiro atoms. The largest absolute Gasteiger partial charge is 0.310 e. The van der Waals surface area contributed by atoms with E-state index < -0.39 is 0 Å². The highest BCUT2D eigenvalue weighted by molar-refractivity contribution is 9.11. The molecule has 1 aromatic rings. The van der Waals surface area contributed by atoms with Gasteiger partial charge in [0.15, 0.2) is 0 Å². The van der Waals surface area contributed by atoms with Crippen molar-refractivity contribution in [1.82, 2.24) is 5.32 Å². The average Bonchev–Trinajstić information content (AvgIpc) is 2.25. The molecule has 0 radical (unpaired) electrons. The van der Waals surface area contributed by atoms with E-state index >= 15 is 0 Å². The van der Waals surface area contributed by atoms with E-state index in [1.165, 1.54) is 40.2 Å². The zero-order valence-electron chi connectivity index (χ0n) is 10.2. The van der Waals surface area contributed by atoms with Gasteiger partial charge in [-0.1, -0.05) is 45.2 Å². The summed E-state index contributed by atoms with van der Waals surface area (Å²) in [5.41, 5.74) is 1.40. The Morgan fingerprint density at radius 1 is 1.35 bits per heavy atom. The van der Waals surface area contributed by atoms with Crippen molar-refractivity contribution in [3.63, 3.8) is 0 Å². The van der Waals surface area contributed by atoms with Gasteiger partial charge < -0.3 is 5.32 Å². The molecule has 1 fully saturated rings. The van der Waals surface area contributed by atoms with Gasteiger partial charge in [-0.3, -0.25) is 0 Å². The Hall–Kier alpha value is 0.140. The summed E-state index contributed by atoms with van der Waals surface area (Å²) in [6.07, 6.45) is 5.30. The Balaban J connectivity index is 2.20. The highest BCUT2D eigenvalue weighted by atomic mass is 79.9. The monoisotopic (exact) mass is 359 g/mol. The lowest BCUT2D eigenvalue weighted by molar-refractivity contribution is 0.230. The van der Waals surface area contributed by atoms with Gasteiger partial charge in [-0.25, -0.2) is 0 Å².